The van der Waals surface area contributed by atoms with Gasteiger partial charge in [-0.05, 0) is 32.1 Å². The van der Waals surface area contributed by atoms with Crippen molar-refractivity contribution in [3.63, 3.8) is 0 Å². The fourth-order valence-electron chi connectivity index (χ4n) is 2.04. The van der Waals surface area contributed by atoms with Gasteiger partial charge in [-0.25, -0.2) is 0 Å². The molecule has 0 aromatic heterocycles. The van der Waals surface area contributed by atoms with Gasteiger partial charge in [0.25, 0.3) is 0 Å². The number of carbonyl (C=O) groups excluding carboxylic acids is 1. The smallest absolute Gasteiger partial charge is 0.305 e. The summed E-state index contributed by atoms with van der Waals surface area (Å²) in [5, 5.41) is 0. The van der Waals surface area contributed by atoms with Crippen molar-refractivity contribution in [1.82, 2.24) is 0 Å². The monoisotopic (exact) mass is 271 g/mol. The number of hydrogen-bond acceptors (Lipinski definition) is 2. The van der Waals surface area contributed by atoms with E-state index in [9.17, 15) is 4.79 Å². The molecule has 0 atom stereocenters. The van der Waals surface area contributed by atoms with Crippen LogP contribution in [0.2, 0.25) is 0 Å². The molecule has 112 valence electrons. The Morgan fingerprint density at radius 3 is 2.16 bits per heavy atom. The van der Waals surface area contributed by atoms with Crippen molar-refractivity contribution >= 4 is 5.97 Å². The number of unbranched alkanes of at least 4 members (excludes halogenated alkanes) is 9. The van der Waals surface area contributed by atoms with E-state index in [-0.39, 0.29) is 6.42 Å². The van der Waals surface area contributed by atoms with Crippen LogP contribution in [-0.4, -0.2) is 13.0 Å². The van der Waals surface area contributed by atoms with Crippen molar-refractivity contribution in [2.24, 2.45) is 0 Å². The first kappa shape index (κ1) is 13.2. The van der Waals surface area contributed by atoms with Gasteiger partial charge in [0.15, 0.2) is 0 Å². The lowest BCUT2D eigenvalue weighted by Crippen LogP contribution is -1.98. The maximum Gasteiger partial charge on any atom is 0.305 e. The van der Waals surface area contributed by atoms with Crippen LogP contribution in [0.25, 0.3) is 0 Å². The number of ether oxygens (including phenoxy) is 1. The highest BCUT2D eigenvalue weighted by Crippen LogP contribution is 2.09. The van der Waals surface area contributed by atoms with E-state index in [1.807, 2.05) is 0 Å². The Labute approximate surface area is 123 Å². The van der Waals surface area contributed by atoms with Crippen molar-refractivity contribution in [3.8, 4) is 0 Å². The predicted molar refractivity (Wildman–Crippen MR) is 82.2 cm³/mol. The second kappa shape index (κ2) is 15.3. The molecule has 0 bridgehead atoms. The summed E-state index contributed by atoms with van der Waals surface area (Å²) in [5.74, 6) is -0.619. The van der Waals surface area contributed by atoms with Crippen LogP contribution in [-0.2, 0) is 9.53 Å². The number of esters is 1. The summed E-state index contributed by atoms with van der Waals surface area (Å²) in [7, 11) is -2.60. The van der Waals surface area contributed by atoms with Gasteiger partial charge in [0.1, 0.15) is 0 Å². The van der Waals surface area contributed by atoms with Gasteiger partial charge in [0.2, 0.25) is 0 Å². The van der Waals surface area contributed by atoms with E-state index in [0.717, 1.165) is 25.7 Å². The van der Waals surface area contributed by atoms with Crippen molar-refractivity contribution < 1.29 is 13.6 Å². The molecule has 0 aliphatic carbocycles. The molecule has 0 heterocycles. The van der Waals surface area contributed by atoms with Crippen molar-refractivity contribution in [2.45, 2.75) is 84.0 Å². The largest absolute Gasteiger partial charge is 0.469 e. The Bertz CT molecular complexity index is 299. The minimum atomic E-state index is -2.60. The molecular weight excluding hydrogens is 236 g/mol. The van der Waals surface area contributed by atoms with Gasteiger partial charge in [0.05, 0.1) is 11.2 Å². The van der Waals surface area contributed by atoms with E-state index >= 15 is 0 Å². The second-order valence-electron chi connectivity index (χ2n) is 5.10. The van der Waals surface area contributed by atoms with Crippen molar-refractivity contribution in [3.05, 3.63) is 12.2 Å². The normalized spacial score (nSPS) is 14.1. The summed E-state index contributed by atoms with van der Waals surface area (Å²) in [4.78, 5) is 11.2. The van der Waals surface area contributed by atoms with E-state index in [1.54, 1.807) is 0 Å². The van der Waals surface area contributed by atoms with Crippen LogP contribution in [0, 0.1) is 0 Å². The Morgan fingerprint density at radius 2 is 1.53 bits per heavy atom. The highest BCUT2D eigenvalue weighted by atomic mass is 16.5. The highest BCUT2D eigenvalue weighted by Gasteiger charge is 1.98. The molecule has 0 aromatic carbocycles. The predicted octanol–water partition coefficient (Wildman–Crippen LogP) is 5.42. The first-order chi connectivity index (χ1) is 10.5. The average molecular weight is 271 g/mol. The van der Waals surface area contributed by atoms with Crippen molar-refractivity contribution in [1.29, 1.82) is 0 Å². The molecule has 0 radical (unpaired) electrons. The first-order valence-electron chi connectivity index (χ1n) is 9.32. The van der Waals surface area contributed by atoms with Gasteiger partial charge in [0, 0.05) is 6.42 Å². The molecule has 19 heavy (non-hydrogen) atoms. The molecule has 0 saturated heterocycles. The van der Waals surface area contributed by atoms with Crippen LogP contribution in [0.1, 0.15) is 88.1 Å². The van der Waals surface area contributed by atoms with Crippen LogP contribution < -0.4 is 0 Å². The minimum Gasteiger partial charge on any atom is -0.469 e. The lowest BCUT2D eigenvalue weighted by Gasteiger charge is -2.00. The third kappa shape index (κ3) is 15.2. The summed E-state index contributed by atoms with van der Waals surface area (Å²) in [6, 6.07) is 0. The zero-order valence-corrected chi connectivity index (χ0v) is 12.5. The molecule has 0 amide bonds. The number of hydrogen-bond donors (Lipinski definition) is 0. The molecule has 0 spiro atoms. The highest BCUT2D eigenvalue weighted by molar-refractivity contribution is 5.68. The molecule has 0 N–H and O–H groups in total. The fourth-order valence-corrected chi connectivity index (χ4v) is 2.04. The van der Waals surface area contributed by atoms with Gasteiger partial charge in [-0.1, -0.05) is 57.6 Å². The van der Waals surface area contributed by atoms with Gasteiger partial charge in [-0.15, -0.1) is 0 Å². The molecular formula is C17H32O2. The Hall–Kier alpha value is -0.790. The summed E-state index contributed by atoms with van der Waals surface area (Å²) >= 11 is 0. The van der Waals surface area contributed by atoms with Crippen LogP contribution in [0.5, 0.6) is 0 Å². The van der Waals surface area contributed by atoms with Gasteiger partial charge < -0.3 is 4.74 Å². The Balaban J connectivity index is 3.27. The van der Waals surface area contributed by atoms with E-state index in [0.29, 0.717) is 6.42 Å². The molecule has 2 nitrogen and oxygen atoms in total. The molecule has 0 aromatic rings. The maximum atomic E-state index is 11.2. The molecule has 0 saturated carbocycles. The standard InChI is InChI=1S/C17H32O2/c1-3-4-5-6-7-8-9-10-11-12-13-14-15-16-17(18)19-2/h8-9H,3-7,10-16H2,1-2H3/b9-8-/i2D3. The number of rotatable bonds is 13. The first-order valence-corrected chi connectivity index (χ1v) is 7.82. The molecule has 0 aliphatic rings. The van der Waals surface area contributed by atoms with Crippen LogP contribution in [0.4, 0.5) is 0 Å². The average Bonchev–Trinajstić information content (AvgIpc) is 2.42. The molecule has 0 unspecified atom stereocenters. The summed E-state index contributed by atoms with van der Waals surface area (Å²) in [6.45, 7) is 2.23. The molecule has 2 heteroatoms. The van der Waals surface area contributed by atoms with Crippen LogP contribution in [0.3, 0.4) is 0 Å². The number of carbonyl (C=O) groups is 1. The fraction of sp³-hybridized carbons (Fsp3) is 0.824. The maximum absolute atomic E-state index is 11.2. The number of allylic oxidation sites excluding steroid dienone is 2. The van der Waals surface area contributed by atoms with Crippen molar-refractivity contribution in [2.75, 3.05) is 7.04 Å². The third-order valence-corrected chi connectivity index (χ3v) is 3.26. The lowest BCUT2D eigenvalue weighted by atomic mass is 10.1. The molecule has 0 rings (SSSR count). The van der Waals surface area contributed by atoms with Gasteiger partial charge >= 0.3 is 5.97 Å². The summed E-state index contributed by atoms with van der Waals surface area (Å²) in [5.41, 5.74) is 0. The lowest BCUT2D eigenvalue weighted by molar-refractivity contribution is -0.140. The summed E-state index contributed by atoms with van der Waals surface area (Å²) < 4.78 is 24.8. The van der Waals surface area contributed by atoms with Crippen LogP contribution in [0.15, 0.2) is 12.2 Å². The van der Waals surface area contributed by atoms with E-state index in [1.165, 1.54) is 38.5 Å². The third-order valence-electron chi connectivity index (χ3n) is 3.26. The van der Waals surface area contributed by atoms with E-state index in [2.05, 4.69) is 23.8 Å². The SMILES string of the molecule is [2H]C([2H])([2H])OC(=O)CCCCCCC/C=C\CCCCCC. The quantitative estimate of drug-likeness (QED) is 0.254. The van der Waals surface area contributed by atoms with E-state index in [4.69, 9.17) is 4.11 Å². The molecule has 0 aliphatic heterocycles. The van der Waals surface area contributed by atoms with Crippen LogP contribution >= 0.6 is 0 Å². The minimum absolute atomic E-state index is 0.204. The van der Waals surface area contributed by atoms with Gasteiger partial charge in [-0.2, -0.15) is 0 Å². The van der Waals surface area contributed by atoms with E-state index < -0.39 is 13.0 Å². The number of methoxy groups -OCH3 is 1. The topological polar surface area (TPSA) is 26.3 Å². The second-order valence-corrected chi connectivity index (χ2v) is 5.10. The Kier molecular flexibility index (Phi) is 10.6. The van der Waals surface area contributed by atoms with Gasteiger partial charge in [-0.3, -0.25) is 4.79 Å². The molecule has 0 fully saturated rings. The Morgan fingerprint density at radius 1 is 0.947 bits per heavy atom. The zero-order chi connectivity index (χ0) is 16.7. The zero-order valence-electron chi connectivity index (χ0n) is 15.5. The summed E-state index contributed by atoms with van der Waals surface area (Å²) in [6.07, 6.45) is 17.5.